The fourth-order valence-corrected chi connectivity index (χ4v) is 2.73. The first-order valence-electron chi connectivity index (χ1n) is 7.11. The maximum atomic E-state index is 12.3. The van der Waals surface area contributed by atoms with Crippen molar-refractivity contribution in [3.63, 3.8) is 0 Å². The molecule has 1 unspecified atom stereocenters. The van der Waals surface area contributed by atoms with E-state index in [-0.39, 0.29) is 17.4 Å². The summed E-state index contributed by atoms with van der Waals surface area (Å²) in [7, 11) is 0. The van der Waals surface area contributed by atoms with E-state index in [1.807, 2.05) is 18.2 Å². The van der Waals surface area contributed by atoms with Gasteiger partial charge in [-0.25, -0.2) is 4.68 Å². The van der Waals surface area contributed by atoms with E-state index in [4.69, 9.17) is 5.73 Å². The van der Waals surface area contributed by atoms with E-state index >= 15 is 0 Å². The van der Waals surface area contributed by atoms with Gasteiger partial charge in [0.15, 0.2) is 0 Å². The molecule has 1 aliphatic heterocycles. The fraction of sp³-hybridized carbons (Fsp3) is 0.400. The van der Waals surface area contributed by atoms with Gasteiger partial charge in [-0.05, 0) is 18.5 Å². The number of carbonyl (C=O) groups excluding carboxylic acids is 1. The number of hydrogen-bond acceptors (Lipinski definition) is 4. The standard InChI is InChI=1S/C15H18N4O2/c16-8-11-7-14(20)18(10-11)5-6-19-15(21)13-4-2-1-3-12(13)9-17-19/h1-4,9,11H,5-8,10,16H2. The highest BCUT2D eigenvalue weighted by molar-refractivity contribution is 5.80. The third kappa shape index (κ3) is 2.67. The number of carbonyl (C=O) groups is 1. The first-order valence-corrected chi connectivity index (χ1v) is 7.11. The van der Waals surface area contributed by atoms with Crippen LogP contribution in [0.25, 0.3) is 10.8 Å². The van der Waals surface area contributed by atoms with Gasteiger partial charge in [0.05, 0.1) is 18.1 Å². The van der Waals surface area contributed by atoms with Gasteiger partial charge in [-0.2, -0.15) is 5.10 Å². The van der Waals surface area contributed by atoms with E-state index in [9.17, 15) is 9.59 Å². The third-order valence-electron chi connectivity index (χ3n) is 3.97. The van der Waals surface area contributed by atoms with Crippen LogP contribution in [0.2, 0.25) is 0 Å². The minimum absolute atomic E-state index is 0.110. The van der Waals surface area contributed by atoms with E-state index in [1.165, 1.54) is 4.68 Å². The quantitative estimate of drug-likeness (QED) is 0.871. The predicted octanol–water partition coefficient (Wildman–Crippen LogP) is 0.204. The molecule has 6 nitrogen and oxygen atoms in total. The number of benzene rings is 1. The number of rotatable bonds is 4. The second kappa shape index (κ2) is 5.65. The molecule has 1 atom stereocenters. The highest BCUT2D eigenvalue weighted by atomic mass is 16.2. The van der Waals surface area contributed by atoms with Gasteiger partial charge < -0.3 is 10.6 Å². The summed E-state index contributed by atoms with van der Waals surface area (Å²) in [5.74, 6) is 0.345. The lowest BCUT2D eigenvalue weighted by Crippen LogP contribution is -2.33. The summed E-state index contributed by atoms with van der Waals surface area (Å²) in [4.78, 5) is 25.9. The SMILES string of the molecule is NCC1CC(=O)N(CCn2ncc3ccccc3c2=O)C1. The second-order valence-electron chi connectivity index (χ2n) is 5.41. The number of aromatic nitrogens is 2. The van der Waals surface area contributed by atoms with Crippen LogP contribution in [0.1, 0.15) is 6.42 Å². The number of likely N-dealkylation sites (tertiary alicyclic amines) is 1. The molecule has 1 saturated heterocycles. The molecule has 1 amide bonds. The highest BCUT2D eigenvalue weighted by Crippen LogP contribution is 2.16. The van der Waals surface area contributed by atoms with Crippen LogP contribution < -0.4 is 11.3 Å². The van der Waals surface area contributed by atoms with Gasteiger partial charge in [0.2, 0.25) is 5.91 Å². The molecule has 1 aliphatic rings. The van der Waals surface area contributed by atoms with Crippen LogP contribution in [-0.4, -0.2) is 40.2 Å². The summed E-state index contributed by atoms with van der Waals surface area (Å²) < 4.78 is 1.42. The number of nitrogens with two attached hydrogens (primary N) is 1. The van der Waals surface area contributed by atoms with Crippen molar-refractivity contribution < 1.29 is 4.79 Å². The summed E-state index contributed by atoms with van der Waals surface area (Å²) in [5.41, 5.74) is 5.49. The lowest BCUT2D eigenvalue weighted by Gasteiger charge is -2.16. The number of amides is 1. The average molecular weight is 286 g/mol. The molecule has 0 bridgehead atoms. The molecule has 0 saturated carbocycles. The molecule has 2 aromatic rings. The van der Waals surface area contributed by atoms with E-state index in [0.29, 0.717) is 38.0 Å². The molecule has 1 fully saturated rings. The minimum atomic E-state index is -0.116. The Labute approximate surface area is 122 Å². The highest BCUT2D eigenvalue weighted by Gasteiger charge is 2.28. The van der Waals surface area contributed by atoms with Crippen LogP contribution in [0.5, 0.6) is 0 Å². The Kier molecular flexibility index (Phi) is 3.70. The largest absolute Gasteiger partial charge is 0.340 e. The topological polar surface area (TPSA) is 81.2 Å². The molecule has 1 aromatic carbocycles. The van der Waals surface area contributed by atoms with Crippen molar-refractivity contribution >= 4 is 16.7 Å². The molecule has 21 heavy (non-hydrogen) atoms. The monoisotopic (exact) mass is 286 g/mol. The van der Waals surface area contributed by atoms with Crippen molar-refractivity contribution in [2.75, 3.05) is 19.6 Å². The average Bonchev–Trinajstić information content (AvgIpc) is 2.87. The summed E-state index contributed by atoms with van der Waals surface area (Å²) in [5, 5.41) is 5.66. The summed E-state index contributed by atoms with van der Waals surface area (Å²) in [6.07, 6.45) is 2.20. The van der Waals surface area contributed by atoms with Gasteiger partial charge in [-0.1, -0.05) is 18.2 Å². The Balaban J connectivity index is 1.76. The molecule has 0 spiro atoms. The normalized spacial score (nSPS) is 18.6. The Morgan fingerprint density at radius 1 is 1.24 bits per heavy atom. The van der Waals surface area contributed by atoms with Gasteiger partial charge in [-0.15, -0.1) is 0 Å². The van der Waals surface area contributed by atoms with E-state index in [0.717, 1.165) is 5.39 Å². The molecule has 1 aromatic heterocycles. The fourth-order valence-electron chi connectivity index (χ4n) is 2.73. The maximum Gasteiger partial charge on any atom is 0.274 e. The predicted molar refractivity (Wildman–Crippen MR) is 79.7 cm³/mol. The Morgan fingerprint density at radius 2 is 2.05 bits per heavy atom. The zero-order valence-electron chi connectivity index (χ0n) is 11.7. The Bertz CT molecular complexity index is 725. The zero-order valence-corrected chi connectivity index (χ0v) is 11.7. The second-order valence-corrected chi connectivity index (χ2v) is 5.41. The van der Waals surface area contributed by atoms with Gasteiger partial charge in [0, 0.05) is 24.9 Å². The maximum absolute atomic E-state index is 12.3. The minimum Gasteiger partial charge on any atom is -0.340 e. The molecule has 3 rings (SSSR count). The van der Waals surface area contributed by atoms with E-state index < -0.39 is 0 Å². The zero-order chi connectivity index (χ0) is 14.8. The molecule has 0 radical (unpaired) electrons. The molecule has 110 valence electrons. The van der Waals surface area contributed by atoms with Gasteiger partial charge in [0.25, 0.3) is 5.56 Å². The summed E-state index contributed by atoms with van der Waals surface area (Å²) in [6, 6.07) is 7.37. The molecular formula is C15H18N4O2. The molecule has 6 heteroatoms. The van der Waals surface area contributed by atoms with Crippen molar-refractivity contribution in [1.29, 1.82) is 0 Å². The van der Waals surface area contributed by atoms with Gasteiger partial charge in [0.1, 0.15) is 0 Å². The summed E-state index contributed by atoms with van der Waals surface area (Å²) >= 11 is 0. The van der Waals surface area contributed by atoms with Crippen molar-refractivity contribution in [2.24, 2.45) is 11.7 Å². The third-order valence-corrected chi connectivity index (χ3v) is 3.97. The van der Waals surface area contributed by atoms with Crippen LogP contribution in [0, 0.1) is 5.92 Å². The van der Waals surface area contributed by atoms with Gasteiger partial charge in [-0.3, -0.25) is 9.59 Å². The van der Waals surface area contributed by atoms with Crippen molar-refractivity contribution in [2.45, 2.75) is 13.0 Å². The first-order chi connectivity index (χ1) is 10.2. The lowest BCUT2D eigenvalue weighted by molar-refractivity contribution is -0.127. The smallest absolute Gasteiger partial charge is 0.274 e. The van der Waals surface area contributed by atoms with Crippen LogP contribution in [-0.2, 0) is 11.3 Å². The number of hydrogen-bond donors (Lipinski definition) is 1. The first kappa shape index (κ1) is 13.8. The Hall–Kier alpha value is -2.21. The number of fused-ring (bicyclic) bond motifs is 1. The van der Waals surface area contributed by atoms with Crippen LogP contribution >= 0.6 is 0 Å². The van der Waals surface area contributed by atoms with Crippen LogP contribution in [0.15, 0.2) is 35.3 Å². The van der Waals surface area contributed by atoms with Crippen molar-refractivity contribution in [1.82, 2.24) is 14.7 Å². The summed E-state index contributed by atoms with van der Waals surface area (Å²) in [6.45, 7) is 2.11. The molecule has 2 N–H and O–H groups in total. The van der Waals surface area contributed by atoms with Gasteiger partial charge >= 0.3 is 0 Å². The Morgan fingerprint density at radius 3 is 2.81 bits per heavy atom. The van der Waals surface area contributed by atoms with Crippen molar-refractivity contribution in [3.05, 3.63) is 40.8 Å². The molecule has 0 aliphatic carbocycles. The lowest BCUT2D eigenvalue weighted by atomic mass is 10.1. The molecule has 2 heterocycles. The van der Waals surface area contributed by atoms with E-state index in [2.05, 4.69) is 5.10 Å². The van der Waals surface area contributed by atoms with Crippen molar-refractivity contribution in [3.8, 4) is 0 Å². The van der Waals surface area contributed by atoms with Crippen LogP contribution in [0.3, 0.4) is 0 Å². The number of nitrogens with zero attached hydrogens (tertiary/aromatic N) is 3. The van der Waals surface area contributed by atoms with Crippen LogP contribution in [0.4, 0.5) is 0 Å². The van der Waals surface area contributed by atoms with E-state index in [1.54, 1.807) is 17.2 Å². The molecular weight excluding hydrogens is 268 g/mol.